The normalized spacial score (nSPS) is 10.6. The van der Waals surface area contributed by atoms with Gasteiger partial charge in [-0.3, -0.25) is 4.79 Å². The van der Waals surface area contributed by atoms with Crippen LogP contribution in [0, 0.1) is 6.92 Å². The van der Waals surface area contributed by atoms with E-state index in [1.807, 2.05) is 68.4 Å². The summed E-state index contributed by atoms with van der Waals surface area (Å²) in [5.41, 5.74) is 1.59. The molecule has 0 unspecified atom stereocenters. The molecule has 0 saturated carbocycles. The Morgan fingerprint density at radius 3 is 2.43 bits per heavy atom. The van der Waals surface area contributed by atoms with Crippen LogP contribution in [0.25, 0.3) is 0 Å². The summed E-state index contributed by atoms with van der Waals surface area (Å²) in [4.78, 5) is 14.0. The highest BCUT2D eigenvalue weighted by molar-refractivity contribution is 6.05. The van der Waals surface area contributed by atoms with Crippen molar-refractivity contribution >= 4 is 5.78 Å². The number of hydrogen-bond donors (Lipinski definition) is 0. The van der Waals surface area contributed by atoms with Crippen molar-refractivity contribution in [3.63, 3.8) is 0 Å². The summed E-state index contributed by atoms with van der Waals surface area (Å²) < 4.78 is 5.76. The standard InChI is InChI=1S/C18H19NO2/c1-14-9-10-16(21-15-7-5-4-6-8-15)13-17(14)18(20)11-12-19(2)3/h4-13H,1-3H3/b12-11+. The van der Waals surface area contributed by atoms with Gasteiger partial charge in [-0.25, -0.2) is 0 Å². The van der Waals surface area contributed by atoms with E-state index < -0.39 is 0 Å². The predicted octanol–water partition coefficient (Wildman–Crippen LogP) is 4.05. The quantitative estimate of drug-likeness (QED) is 0.612. The van der Waals surface area contributed by atoms with Crippen LogP contribution in [0.3, 0.4) is 0 Å². The number of ketones is 1. The molecule has 0 aliphatic heterocycles. The minimum Gasteiger partial charge on any atom is -0.457 e. The summed E-state index contributed by atoms with van der Waals surface area (Å²) in [6.45, 7) is 1.92. The number of carbonyl (C=O) groups excluding carboxylic acids is 1. The van der Waals surface area contributed by atoms with Gasteiger partial charge in [0.05, 0.1) is 0 Å². The Bertz CT molecular complexity index is 646. The van der Waals surface area contributed by atoms with E-state index in [9.17, 15) is 4.79 Å². The lowest BCUT2D eigenvalue weighted by Gasteiger charge is -2.09. The van der Waals surface area contributed by atoms with Crippen LogP contribution < -0.4 is 4.74 Å². The molecule has 0 radical (unpaired) electrons. The van der Waals surface area contributed by atoms with Gasteiger partial charge in [0.1, 0.15) is 11.5 Å². The van der Waals surface area contributed by atoms with Gasteiger partial charge in [0.2, 0.25) is 0 Å². The molecule has 0 spiro atoms. The fourth-order valence-corrected chi connectivity index (χ4v) is 1.86. The van der Waals surface area contributed by atoms with Gasteiger partial charge < -0.3 is 9.64 Å². The largest absolute Gasteiger partial charge is 0.457 e. The molecular weight excluding hydrogens is 262 g/mol. The Labute approximate surface area is 125 Å². The van der Waals surface area contributed by atoms with Crippen molar-refractivity contribution in [2.24, 2.45) is 0 Å². The highest BCUT2D eigenvalue weighted by atomic mass is 16.5. The average Bonchev–Trinajstić information content (AvgIpc) is 2.48. The first-order valence-corrected chi connectivity index (χ1v) is 6.79. The Morgan fingerprint density at radius 2 is 1.76 bits per heavy atom. The molecule has 108 valence electrons. The molecule has 0 aliphatic rings. The van der Waals surface area contributed by atoms with Gasteiger partial charge in [-0.15, -0.1) is 0 Å². The number of benzene rings is 2. The van der Waals surface area contributed by atoms with Gasteiger partial charge in [0, 0.05) is 31.9 Å². The van der Waals surface area contributed by atoms with E-state index in [0.29, 0.717) is 11.3 Å². The monoisotopic (exact) mass is 281 g/mol. The van der Waals surface area contributed by atoms with Crippen molar-refractivity contribution in [2.45, 2.75) is 6.92 Å². The zero-order valence-electron chi connectivity index (χ0n) is 12.5. The predicted molar refractivity (Wildman–Crippen MR) is 84.9 cm³/mol. The lowest BCUT2D eigenvalue weighted by molar-refractivity contribution is 0.104. The average molecular weight is 281 g/mol. The molecule has 2 rings (SSSR count). The van der Waals surface area contributed by atoms with E-state index in [1.165, 1.54) is 0 Å². The van der Waals surface area contributed by atoms with Crippen molar-refractivity contribution in [1.82, 2.24) is 4.90 Å². The highest BCUT2D eigenvalue weighted by Gasteiger charge is 2.08. The van der Waals surface area contributed by atoms with Gasteiger partial charge in [-0.05, 0) is 36.8 Å². The van der Waals surface area contributed by atoms with Crippen LogP contribution in [0.4, 0.5) is 0 Å². The molecule has 2 aromatic carbocycles. The number of nitrogens with zero attached hydrogens (tertiary/aromatic N) is 1. The first-order valence-electron chi connectivity index (χ1n) is 6.79. The third kappa shape index (κ3) is 4.21. The summed E-state index contributed by atoms with van der Waals surface area (Å²) in [5, 5.41) is 0. The van der Waals surface area contributed by atoms with E-state index in [-0.39, 0.29) is 5.78 Å². The zero-order valence-corrected chi connectivity index (χ0v) is 12.5. The number of allylic oxidation sites excluding steroid dienone is 1. The lowest BCUT2D eigenvalue weighted by atomic mass is 10.0. The molecule has 0 saturated heterocycles. The molecular formula is C18H19NO2. The van der Waals surface area contributed by atoms with E-state index in [0.717, 1.165) is 11.3 Å². The molecule has 3 heteroatoms. The van der Waals surface area contributed by atoms with Gasteiger partial charge in [-0.2, -0.15) is 0 Å². The van der Waals surface area contributed by atoms with Crippen molar-refractivity contribution in [3.05, 3.63) is 71.9 Å². The van der Waals surface area contributed by atoms with Crippen LogP contribution in [0.15, 0.2) is 60.8 Å². The van der Waals surface area contributed by atoms with Crippen LogP contribution in [0.1, 0.15) is 15.9 Å². The van der Waals surface area contributed by atoms with E-state index in [2.05, 4.69) is 0 Å². The van der Waals surface area contributed by atoms with Crippen molar-refractivity contribution in [2.75, 3.05) is 14.1 Å². The zero-order chi connectivity index (χ0) is 15.2. The summed E-state index contributed by atoms with van der Waals surface area (Å²) in [7, 11) is 3.76. The molecule has 0 N–H and O–H groups in total. The maximum atomic E-state index is 12.2. The Hall–Kier alpha value is -2.55. The van der Waals surface area contributed by atoms with Gasteiger partial charge >= 0.3 is 0 Å². The van der Waals surface area contributed by atoms with Crippen LogP contribution in [0.2, 0.25) is 0 Å². The Balaban J connectivity index is 2.23. The number of hydrogen-bond acceptors (Lipinski definition) is 3. The third-order valence-corrected chi connectivity index (χ3v) is 2.98. The summed E-state index contributed by atoms with van der Waals surface area (Å²) in [6, 6.07) is 15.1. The Morgan fingerprint density at radius 1 is 1.05 bits per heavy atom. The second kappa shape index (κ2) is 6.75. The number of rotatable bonds is 5. The number of carbonyl (C=O) groups is 1. The molecule has 0 aromatic heterocycles. The second-order valence-electron chi connectivity index (χ2n) is 5.04. The second-order valence-corrected chi connectivity index (χ2v) is 5.04. The highest BCUT2D eigenvalue weighted by Crippen LogP contribution is 2.24. The van der Waals surface area contributed by atoms with E-state index >= 15 is 0 Å². The molecule has 0 amide bonds. The van der Waals surface area contributed by atoms with Gasteiger partial charge in [-0.1, -0.05) is 24.3 Å². The van der Waals surface area contributed by atoms with Crippen molar-refractivity contribution in [1.29, 1.82) is 0 Å². The Kier molecular flexibility index (Phi) is 4.77. The molecule has 0 fully saturated rings. The number of aryl methyl sites for hydroxylation is 1. The minimum atomic E-state index is -0.0280. The van der Waals surface area contributed by atoms with Gasteiger partial charge in [0.25, 0.3) is 0 Å². The maximum absolute atomic E-state index is 12.2. The summed E-state index contributed by atoms with van der Waals surface area (Å²) in [5.74, 6) is 1.39. The first kappa shape index (κ1) is 14.9. The van der Waals surface area contributed by atoms with E-state index in [4.69, 9.17) is 4.74 Å². The number of para-hydroxylation sites is 1. The molecule has 3 nitrogen and oxygen atoms in total. The van der Waals surface area contributed by atoms with Crippen LogP contribution >= 0.6 is 0 Å². The molecule has 0 aliphatic carbocycles. The third-order valence-electron chi connectivity index (χ3n) is 2.98. The smallest absolute Gasteiger partial charge is 0.187 e. The number of ether oxygens (including phenoxy) is 1. The minimum absolute atomic E-state index is 0.0280. The van der Waals surface area contributed by atoms with Crippen LogP contribution in [-0.2, 0) is 0 Å². The summed E-state index contributed by atoms with van der Waals surface area (Å²) >= 11 is 0. The molecule has 21 heavy (non-hydrogen) atoms. The van der Waals surface area contributed by atoms with E-state index in [1.54, 1.807) is 18.3 Å². The maximum Gasteiger partial charge on any atom is 0.187 e. The fourth-order valence-electron chi connectivity index (χ4n) is 1.86. The topological polar surface area (TPSA) is 29.5 Å². The first-order chi connectivity index (χ1) is 10.1. The summed E-state index contributed by atoms with van der Waals surface area (Å²) in [6.07, 6.45) is 3.31. The lowest BCUT2D eigenvalue weighted by Crippen LogP contribution is -2.04. The van der Waals surface area contributed by atoms with Crippen molar-refractivity contribution in [3.8, 4) is 11.5 Å². The fraction of sp³-hybridized carbons (Fsp3) is 0.167. The van der Waals surface area contributed by atoms with Crippen LogP contribution in [-0.4, -0.2) is 24.8 Å². The molecule has 0 atom stereocenters. The SMILES string of the molecule is Cc1ccc(Oc2ccccc2)cc1C(=O)/C=C/N(C)C. The van der Waals surface area contributed by atoms with Crippen molar-refractivity contribution < 1.29 is 9.53 Å². The molecule has 0 heterocycles. The van der Waals surface area contributed by atoms with Crippen LogP contribution in [0.5, 0.6) is 11.5 Å². The molecule has 0 bridgehead atoms. The van der Waals surface area contributed by atoms with Gasteiger partial charge in [0.15, 0.2) is 5.78 Å². The molecule has 2 aromatic rings.